The van der Waals surface area contributed by atoms with Gasteiger partial charge in [0.15, 0.2) is 0 Å². The third-order valence-electron chi connectivity index (χ3n) is 6.55. The highest BCUT2D eigenvalue weighted by Crippen LogP contribution is 2.40. The van der Waals surface area contributed by atoms with E-state index < -0.39 is 0 Å². The summed E-state index contributed by atoms with van der Waals surface area (Å²) in [6, 6.07) is 17.3. The Labute approximate surface area is 192 Å². The van der Waals surface area contributed by atoms with E-state index in [4.69, 9.17) is 0 Å². The zero-order valence-electron chi connectivity index (χ0n) is 19.7. The number of hydrogen-bond acceptors (Lipinski definition) is 3. The minimum atomic E-state index is 0.346. The van der Waals surface area contributed by atoms with Gasteiger partial charge in [-0.1, -0.05) is 67.6 Å². The molecule has 0 amide bonds. The van der Waals surface area contributed by atoms with Crippen molar-refractivity contribution in [3.8, 4) is 0 Å². The van der Waals surface area contributed by atoms with Crippen LogP contribution >= 0.6 is 0 Å². The maximum Gasteiger partial charge on any atom is 0.102 e. The first-order valence-corrected chi connectivity index (χ1v) is 11.7. The second kappa shape index (κ2) is 9.66. The number of aromatic nitrogens is 1. The highest BCUT2D eigenvalue weighted by Gasteiger charge is 2.40. The molecule has 4 heteroatoms. The highest BCUT2D eigenvalue weighted by atomic mass is 15.4. The van der Waals surface area contributed by atoms with Crippen molar-refractivity contribution in [1.82, 2.24) is 20.1 Å². The van der Waals surface area contributed by atoms with Crippen LogP contribution in [0, 0.1) is 13.8 Å². The molecule has 0 saturated carbocycles. The molecule has 0 aliphatic carbocycles. The van der Waals surface area contributed by atoms with Gasteiger partial charge in [0.1, 0.15) is 5.82 Å². The van der Waals surface area contributed by atoms with Crippen molar-refractivity contribution < 1.29 is 0 Å². The van der Waals surface area contributed by atoms with Gasteiger partial charge in [-0.15, -0.1) is 0 Å². The maximum atomic E-state index is 4.42. The summed E-state index contributed by atoms with van der Waals surface area (Å²) in [5.41, 5.74) is 7.88. The van der Waals surface area contributed by atoms with E-state index >= 15 is 0 Å². The normalized spacial score (nSPS) is 17.3. The Morgan fingerprint density at radius 1 is 1.06 bits per heavy atom. The van der Waals surface area contributed by atoms with E-state index in [1.165, 1.54) is 39.0 Å². The minimum Gasteiger partial charge on any atom is -0.357 e. The van der Waals surface area contributed by atoms with E-state index in [9.17, 15) is 0 Å². The standard InChI is InChI=1S/C21H28N4.C7H8/c1-5-22-9-6-10-24-15(3)21-12-18-17-11-14(2)7-8-19(17)23-20(18)13-25(21)16(24)4;1-7-5-3-2-4-6-7/h7-8,11,21-23H,3-6,9-10,12-13H2,1-2H3;2-6H,1H3/t21-;/m0./s1. The Morgan fingerprint density at radius 3 is 2.53 bits per heavy atom. The third-order valence-corrected chi connectivity index (χ3v) is 6.55. The van der Waals surface area contributed by atoms with Crippen molar-refractivity contribution in [1.29, 1.82) is 0 Å². The van der Waals surface area contributed by atoms with E-state index in [-0.39, 0.29) is 0 Å². The zero-order valence-corrected chi connectivity index (χ0v) is 19.7. The summed E-state index contributed by atoms with van der Waals surface area (Å²) in [5, 5.41) is 4.77. The molecule has 1 aromatic heterocycles. The second-order valence-corrected chi connectivity index (χ2v) is 8.90. The molecule has 3 aromatic rings. The first kappa shape index (κ1) is 22.2. The van der Waals surface area contributed by atoms with Crippen LogP contribution in [0.1, 0.15) is 35.7 Å². The number of aryl methyl sites for hydroxylation is 2. The fraction of sp³-hybridized carbons (Fsp3) is 0.357. The van der Waals surface area contributed by atoms with Gasteiger partial charge in [-0.3, -0.25) is 0 Å². The van der Waals surface area contributed by atoms with Crippen molar-refractivity contribution in [3.63, 3.8) is 0 Å². The van der Waals surface area contributed by atoms with E-state index in [0.717, 1.165) is 44.8 Å². The van der Waals surface area contributed by atoms with Gasteiger partial charge < -0.3 is 20.1 Å². The molecule has 168 valence electrons. The van der Waals surface area contributed by atoms with Crippen LogP contribution in [-0.2, 0) is 13.0 Å². The molecule has 0 spiro atoms. The first-order chi connectivity index (χ1) is 15.5. The van der Waals surface area contributed by atoms with Gasteiger partial charge in [0.2, 0.25) is 0 Å². The van der Waals surface area contributed by atoms with Crippen LogP contribution in [0.25, 0.3) is 10.9 Å². The Balaban J connectivity index is 0.000000300. The Hall–Kier alpha value is -2.98. The lowest BCUT2D eigenvalue weighted by molar-refractivity contribution is 0.270. The largest absolute Gasteiger partial charge is 0.357 e. The fourth-order valence-corrected chi connectivity index (χ4v) is 4.79. The number of aromatic amines is 1. The SMILES string of the molecule is C=C1[C@@H]2Cc3c([nH]c4ccc(C)cc34)CN2C(=C)N1CCCNCC.Cc1ccccc1. The number of nitrogens with zero attached hydrogens (tertiary/aromatic N) is 2. The van der Waals surface area contributed by atoms with E-state index in [1.807, 2.05) is 18.2 Å². The van der Waals surface area contributed by atoms with Gasteiger partial charge in [-0.05, 0) is 51.1 Å². The summed E-state index contributed by atoms with van der Waals surface area (Å²) in [4.78, 5) is 8.36. The van der Waals surface area contributed by atoms with Gasteiger partial charge in [0.05, 0.1) is 12.6 Å². The molecule has 0 radical (unpaired) electrons. The van der Waals surface area contributed by atoms with Crippen LogP contribution in [0.2, 0.25) is 0 Å². The van der Waals surface area contributed by atoms with Gasteiger partial charge in [0, 0.05) is 35.3 Å². The molecule has 2 aliphatic heterocycles. The molecule has 32 heavy (non-hydrogen) atoms. The summed E-state index contributed by atoms with van der Waals surface area (Å²) in [6.07, 6.45) is 2.13. The smallest absolute Gasteiger partial charge is 0.102 e. The lowest BCUT2D eigenvalue weighted by Gasteiger charge is -2.30. The van der Waals surface area contributed by atoms with Crippen LogP contribution in [0.5, 0.6) is 0 Å². The third kappa shape index (κ3) is 4.46. The monoisotopic (exact) mass is 428 g/mol. The van der Waals surface area contributed by atoms with E-state index in [2.05, 4.69) is 84.4 Å². The Kier molecular flexibility index (Phi) is 6.71. The molecule has 0 unspecified atom stereocenters. The average molecular weight is 429 g/mol. The lowest BCUT2D eigenvalue weighted by Crippen LogP contribution is -2.34. The summed E-state index contributed by atoms with van der Waals surface area (Å²) in [6.45, 7) is 19.1. The summed E-state index contributed by atoms with van der Waals surface area (Å²) in [5.74, 6) is 1.10. The second-order valence-electron chi connectivity index (χ2n) is 8.90. The quantitative estimate of drug-likeness (QED) is 0.527. The Morgan fingerprint density at radius 2 is 1.84 bits per heavy atom. The van der Waals surface area contributed by atoms with Crippen LogP contribution in [0.15, 0.2) is 73.2 Å². The topological polar surface area (TPSA) is 34.3 Å². The molecular formula is C28H36N4. The number of rotatable bonds is 5. The molecular weight excluding hydrogens is 392 g/mol. The molecule has 2 aromatic carbocycles. The van der Waals surface area contributed by atoms with Crippen molar-refractivity contribution in [2.24, 2.45) is 0 Å². The average Bonchev–Trinajstić information content (AvgIpc) is 3.25. The van der Waals surface area contributed by atoms with Gasteiger partial charge >= 0.3 is 0 Å². The maximum absolute atomic E-state index is 4.42. The summed E-state index contributed by atoms with van der Waals surface area (Å²) in [7, 11) is 0. The number of hydrogen-bond donors (Lipinski definition) is 2. The number of nitrogens with one attached hydrogen (secondary N) is 2. The molecule has 1 atom stereocenters. The fourth-order valence-electron chi connectivity index (χ4n) is 4.79. The Bertz CT molecular complexity index is 1100. The van der Waals surface area contributed by atoms with Crippen LogP contribution in [0.3, 0.4) is 0 Å². The van der Waals surface area contributed by atoms with Gasteiger partial charge in [-0.2, -0.15) is 0 Å². The van der Waals surface area contributed by atoms with E-state index in [0.29, 0.717) is 6.04 Å². The van der Waals surface area contributed by atoms with Gasteiger partial charge in [-0.25, -0.2) is 0 Å². The molecule has 5 rings (SSSR count). The lowest BCUT2D eigenvalue weighted by atomic mass is 9.96. The molecule has 4 nitrogen and oxygen atoms in total. The molecule has 2 N–H and O–H groups in total. The molecule has 3 heterocycles. The molecule has 0 bridgehead atoms. The number of fused-ring (bicyclic) bond motifs is 4. The molecule has 1 saturated heterocycles. The number of benzene rings is 2. The van der Waals surface area contributed by atoms with Crippen LogP contribution < -0.4 is 5.32 Å². The summed E-state index contributed by atoms with van der Waals surface area (Å²) < 4.78 is 0. The predicted molar refractivity (Wildman–Crippen MR) is 135 cm³/mol. The highest BCUT2D eigenvalue weighted by molar-refractivity contribution is 5.85. The van der Waals surface area contributed by atoms with Gasteiger partial charge in [0.25, 0.3) is 0 Å². The molecule has 1 fully saturated rings. The summed E-state index contributed by atoms with van der Waals surface area (Å²) >= 11 is 0. The van der Waals surface area contributed by atoms with Crippen LogP contribution in [-0.4, -0.2) is 40.5 Å². The van der Waals surface area contributed by atoms with Crippen molar-refractivity contribution in [2.45, 2.75) is 46.2 Å². The van der Waals surface area contributed by atoms with Crippen molar-refractivity contribution >= 4 is 10.9 Å². The van der Waals surface area contributed by atoms with Crippen LogP contribution in [0.4, 0.5) is 0 Å². The van der Waals surface area contributed by atoms with Crippen molar-refractivity contribution in [2.75, 3.05) is 19.6 Å². The van der Waals surface area contributed by atoms with Crippen molar-refractivity contribution in [3.05, 3.63) is 95.6 Å². The zero-order chi connectivity index (χ0) is 22.7. The minimum absolute atomic E-state index is 0.346. The first-order valence-electron chi connectivity index (χ1n) is 11.7. The number of H-pyrrole nitrogens is 1. The predicted octanol–water partition coefficient (Wildman–Crippen LogP) is 5.50. The van der Waals surface area contributed by atoms with E-state index in [1.54, 1.807) is 0 Å². The molecule has 2 aliphatic rings.